The molecule has 1 aliphatic heterocycles. The van der Waals surface area contributed by atoms with Gasteiger partial charge in [0.05, 0.1) is 6.21 Å². The van der Waals surface area contributed by atoms with E-state index in [9.17, 15) is 10.2 Å². The second-order valence-electron chi connectivity index (χ2n) is 5.55. The zero-order valence-corrected chi connectivity index (χ0v) is 12.2. The molecule has 1 heterocycles. The van der Waals surface area contributed by atoms with Crippen LogP contribution in [0, 0.1) is 0 Å². The van der Waals surface area contributed by atoms with Crippen LogP contribution >= 0.6 is 0 Å². The normalized spacial score (nSPS) is 20.2. The van der Waals surface area contributed by atoms with Crippen LogP contribution in [0.1, 0.15) is 11.1 Å². The largest absolute Gasteiger partial charge is 0.508 e. The van der Waals surface area contributed by atoms with E-state index >= 15 is 0 Å². The molecular formula is C18H19N2O2+. The van der Waals surface area contributed by atoms with Crippen molar-refractivity contribution in [2.75, 3.05) is 0 Å². The number of benzene rings is 2. The molecule has 0 radical (unpaired) electrons. The van der Waals surface area contributed by atoms with Gasteiger partial charge in [-0.1, -0.05) is 24.3 Å². The fraction of sp³-hybridized carbons (Fsp3) is 0.222. The Hall–Kier alpha value is -2.62. The average molecular weight is 295 g/mol. The van der Waals surface area contributed by atoms with Gasteiger partial charge in [0, 0.05) is 12.8 Å². The predicted molar refractivity (Wildman–Crippen MR) is 86.7 cm³/mol. The van der Waals surface area contributed by atoms with Gasteiger partial charge in [0.15, 0.2) is 12.3 Å². The van der Waals surface area contributed by atoms with Crippen LogP contribution in [0.25, 0.3) is 0 Å². The van der Waals surface area contributed by atoms with Gasteiger partial charge in [0.1, 0.15) is 17.5 Å². The molecule has 2 aromatic rings. The topological polar surface area (TPSA) is 66.8 Å². The van der Waals surface area contributed by atoms with E-state index in [0.29, 0.717) is 0 Å². The highest BCUT2D eigenvalue weighted by Gasteiger charge is 2.18. The van der Waals surface area contributed by atoms with Crippen LogP contribution in [-0.4, -0.2) is 34.7 Å². The molecule has 2 atom stereocenters. The van der Waals surface area contributed by atoms with Crippen molar-refractivity contribution in [1.29, 1.82) is 0 Å². The molecule has 0 aliphatic carbocycles. The third-order valence-corrected chi connectivity index (χ3v) is 3.73. The van der Waals surface area contributed by atoms with Gasteiger partial charge in [-0.05, 0) is 35.4 Å². The first kappa shape index (κ1) is 14.3. The Morgan fingerprint density at radius 3 is 1.86 bits per heavy atom. The lowest BCUT2D eigenvalue weighted by molar-refractivity contribution is -0.478. The predicted octanol–water partition coefficient (Wildman–Crippen LogP) is 0.856. The van der Waals surface area contributed by atoms with E-state index in [4.69, 9.17) is 0 Å². The zero-order chi connectivity index (χ0) is 15.4. The smallest absolute Gasteiger partial charge is 0.189 e. The van der Waals surface area contributed by atoms with Crippen molar-refractivity contribution < 1.29 is 15.2 Å². The van der Waals surface area contributed by atoms with E-state index in [-0.39, 0.29) is 23.6 Å². The van der Waals surface area contributed by atoms with Crippen molar-refractivity contribution in [2.45, 2.75) is 24.9 Å². The number of hydrogen-bond acceptors (Lipinski definition) is 3. The summed E-state index contributed by atoms with van der Waals surface area (Å²) in [5.41, 5.74) is 2.31. The van der Waals surface area contributed by atoms with Crippen LogP contribution in [0.5, 0.6) is 11.5 Å². The van der Waals surface area contributed by atoms with Gasteiger partial charge in [-0.2, -0.15) is 0 Å². The maximum absolute atomic E-state index is 9.29. The Labute approximate surface area is 129 Å². The number of aromatic hydroxyl groups is 2. The molecule has 4 nitrogen and oxygen atoms in total. The summed E-state index contributed by atoms with van der Waals surface area (Å²) in [4.78, 5) is 7.97. The summed E-state index contributed by atoms with van der Waals surface area (Å²) in [5, 5.41) is 18.6. The molecule has 0 unspecified atom stereocenters. The van der Waals surface area contributed by atoms with E-state index in [1.165, 1.54) is 0 Å². The van der Waals surface area contributed by atoms with Crippen LogP contribution in [-0.2, 0) is 12.8 Å². The number of hydrogen-bond donors (Lipinski definition) is 3. The van der Waals surface area contributed by atoms with Crippen molar-refractivity contribution in [3.05, 3.63) is 59.7 Å². The molecule has 2 aromatic carbocycles. The van der Waals surface area contributed by atoms with Crippen LogP contribution in [0.3, 0.4) is 0 Å². The number of phenols is 2. The van der Waals surface area contributed by atoms with E-state index in [0.717, 1.165) is 24.0 Å². The Morgan fingerprint density at radius 2 is 1.36 bits per heavy atom. The standard InChI is InChI=1S/C18H18N2O2/c21-17-5-1-13(2-6-17)9-15-11-20-16(12-19-15)10-14-3-7-18(22)8-4-14/h1-8,11-12,15-16,21-22H,9-10H2/p+1/t15-,16-/m0/s1. The fourth-order valence-electron chi connectivity index (χ4n) is 2.52. The van der Waals surface area contributed by atoms with Gasteiger partial charge in [-0.15, -0.1) is 0 Å². The Balaban J connectivity index is 1.56. The molecule has 0 amide bonds. The molecule has 4 heteroatoms. The molecule has 3 N–H and O–H groups in total. The number of aliphatic imine (C=N–C) groups is 1. The number of nitrogens with one attached hydrogen (secondary N) is 1. The van der Waals surface area contributed by atoms with Gasteiger partial charge in [0.2, 0.25) is 0 Å². The Kier molecular flexibility index (Phi) is 4.19. The van der Waals surface area contributed by atoms with Crippen LogP contribution in [0.2, 0.25) is 0 Å². The van der Waals surface area contributed by atoms with Crippen molar-refractivity contribution in [1.82, 2.24) is 0 Å². The Bertz CT molecular complexity index is 602. The van der Waals surface area contributed by atoms with Gasteiger partial charge in [-0.3, -0.25) is 4.99 Å². The minimum Gasteiger partial charge on any atom is -0.508 e. The lowest BCUT2D eigenvalue weighted by atomic mass is 10.0. The maximum Gasteiger partial charge on any atom is 0.189 e. The average Bonchev–Trinajstić information content (AvgIpc) is 2.54. The summed E-state index contributed by atoms with van der Waals surface area (Å²) < 4.78 is 0. The molecule has 0 spiro atoms. The highest BCUT2D eigenvalue weighted by Crippen LogP contribution is 2.13. The SMILES string of the molecule is Oc1ccc(C[C@H]2C=[NH+][C@@H](Cc3ccc(O)cc3)C=N2)cc1. The molecule has 22 heavy (non-hydrogen) atoms. The van der Waals surface area contributed by atoms with Crippen LogP contribution in [0.15, 0.2) is 53.5 Å². The van der Waals surface area contributed by atoms with E-state index < -0.39 is 0 Å². The molecule has 0 fully saturated rings. The van der Waals surface area contributed by atoms with Gasteiger partial charge >= 0.3 is 0 Å². The summed E-state index contributed by atoms with van der Waals surface area (Å²) in [6, 6.07) is 14.8. The summed E-state index contributed by atoms with van der Waals surface area (Å²) in [6.07, 6.45) is 5.64. The van der Waals surface area contributed by atoms with Crippen molar-refractivity contribution >= 4 is 12.4 Å². The fourth-order valence-corrected chi connectivity index (χ4v) is 2.52. The molecule has 112 valence electrons. The second kappa shape index (κ2) is 6.43. The highest BCUT2D eigenvalue weighted by atomic mass is 16.3. The van der Waals surface area contributed by atoms with E-state index in [1.807, 2.05) is 36.7 Å². The summed E-state index contributed by atoms with van der Waals surface area (Å²) in [6.45, 7) is 0. The summed E-state index contributed by atoms with van der Waals surface area (Å²) in [5.74, 6) is 0.571. The highest BCUT2D eigenvalue weighted by molar-refractivity contribution is 5.72. The first-order valence-corrected chi connectivity index (χ1v) is 7.37. The number of nitrogens with zero attached hydrogens (tertiary/aromatic N) is 1. The second-order valence-corrected chi connectivity index (χ2v) is 5.55. The van der Waals surface area contributed by atoms with Crippen LogP contribution in [0.4, 0.5) is 0 Å². The molecule has 0 saturated carbocycles. The number of rotatable bonds is 4. The number of phenolic OH excluding ortho intramolecular Hbond substituents is 2. The third kappa shape index (κ3) is 3.73. The van der Waals surface area contributed by atoms with E-state index in [1.54, 1.807) is 24.3 Å². The van der Waals surface area contributed by atoms with Gasteiger partial charge < -0.3 is 10.2 Å². The molecule has 0 aromatic heterocycles. The van der Waals surface area contributed by atoms with Crippen molar-refractivity contribution in [3.8, 4) is 11.5 Å². The lowest BCUT2D eigenvalue weighted by Gasteiger charge is -2.12. The molecule has 1 aliphatic rings. The quantitative estimate of drug-likeness (QED) is 0.783. The first-order chi connectivity index (χ1) is 10.7. The minimum atomic E-state index is 0.112. The molecule has 0 bridgehead atoms. The van der Waals surface area contributed by atoms with Gasteiger partial charge in [-0.25, -0.2) is 4.99 Å². The zero-order valence-electron chi connectivity index (χ0n) is 12.2. The third-order valence-electron chi connectivity index (χ3n) is 3.73. The maximum atomic E-state index is 9.29. The lowest BCUT2D eigenvalue weighted by Crippen LogP contribution is -2.80. The molecular weight excluding hydrogens is 276 g/mol. The van der Waals surface area contributed by atoms with Gasteiger partial charge in [0.25, 0.3) is 0 Å². The first-order valence-electron chi connectivity index (χ1n) is 7.37. The minimum absolute atomic E-state index is 0.112. The van der Waals surface area contributed by atoms with Crippen LogP contribution < -0.4 is 4.99 Å². The molecule has 0 saturated heterocycles. The summed E-state index contributed by atoms with van der Waals surface area (Å²) in [7, 11) is 0. The van der Waals surface area contributed by atoms with E-state index in [2.05, 4.69) is 9.98 Å². The monoisotopic (exact) mass is 295 g/mol. The molecule has 3 rings (SSSR count). The summed E-state index contributed by atoms with van der Waals surface area (Å²) >= 11 is 0. The van der Waals surface area contributed by atoms with Crippen molar-refractivity contribution in [3.63, 3.8) is 0 Å². The Morgan fingerprint density at radius 1 is 0.818 bits per heavy atom. The van der Waals surface area contributed by atoms with Crippen molar-refractivity contribution in [2.24, 2.45) is 4.99 Å².